The third-order valence-corrected chi connectivity index (χ3v) is 3.72. The summed E-state index contributed by atoms with van der Waals surface area (Å²) in [6.45, 7) is 1.87. The lowest BCUT2D eigenvalue weighted by atomic mass is 10.1. The van der Waals surface area contributed by atoms with Gasteiger partial charge in [0.15, 0.2) is 0 Å². The second-order valence-corrected chi connectivity index (χ2v) is 5.08. The van der Waals surface area contributed by atoms with E-state index in [1.165, 1.54) is 11.8 Å². The Bertz CT molecular complexity index is 785. The molecule has 0 spiro atoms. The Morgan fingerprint density at radius 3 is 2.63 bits per heavy atom. The lowest BCUT2D eigenvalue weighted by Gasteiger charge is -2.05. The number of nitriles is 1. The minimum absolute atomic E-state index is 0.686. The fourth-order valence-corrected chi connectivity index (χ4v) is 2.82. The lowest BCUT2D eigenvalue weighted by Crippen LogP contribution is -1.84. The maximum atomic E-state index is 9.13. The van der Waals surface area contributed by atoms with Crippen molar-refractivity contribution in [2.75, 3.05) is 0 Å². The second kappa shape index (κ2) is 4.75. The highest BCUT2D eigenvalue weighted by molar-refractivity contribution is 7.99. The van der Waals surface area contributed by atoms with Gasteiger partial charge in [-0.2, -0.15) is 5.26 Å². The Hall–Kier alpha value is -2.32. The Kier molecular flexibility index (Phi) is 2.94. The number of hydrogen-bond donors (Lipinski definition) is 1. The molecule has 0 saturated carbocycles. The highest BCUT2D eigenvalue weighted by atomic mass is 32.2. The normalized spacial score (nSPS) is 10.5. The summed E-state index contributed by atoms with van der Waals surface area (Å²) in [4.78, 5) is 5.34. The Morgan fingerprint density at radius 1 is 1.16 bits per heavy atom. The molecule has 0 aliphatic carbocycles. The summed E-state index contributed by atoms with van der Waals surface area (Å²) in [7, 11) is 0. The topological polar surface area (TPSA) is 65.4 Å². The van der Waals surface area contributed by atoms with Crippen molar-refractivity contribution >= 4 is 22.5 Å². The van der Waals surface area contributed by atoms with Crippen LogP contribution >= 0.6 is 11.8 Å². The van der Waals surface area contributed by atoms with Crippen molar-refractivity contribution in [2.45, 2.75) is 17.0 Å². The van der Waals surface area contributed by atoms with Crippen molar-refractivity contribution in [2.24, 2.45) is 0 Å². The van der Waals surface area contributed by atoms with Crippen LogP contribution in [0, 0.1) is 18.3 Å². The molecule has 0 radical (unpaired) electrons. The zero-order valence-electron chi connectivity index (χ0n) is 10.2. The second-order valence-electron chi connectivity index (χ2n) is 4.07. The number of hydrogen-bond acceptors (Lipinski definition) is 4. The van der Waals surface area contributed by atoms with Crippen LogP contribution in [0.2, 0.25) is 0 Å². The quantitative estimate of drug-likeness (QED) is 0.773. The van der Waals surface area contributed by atoms with Crippen molar-refractivity contribution in [3.05, 3.63) is 47.8 Å². The molecule has 0 unspecified atom stereocenters. The van der Waals surface area contributed by atoms with Gasteiger partial charge in [0.05, 0.1) is 11.6 Å². The maximum Gasteiger partial charge on any atom is 0.213 e. The molecular weight excluding hydrogens is 256 g/mol. The third-order valence-electron chi connectivity index (χ3n) is 2.78. The van der Waals surface area contributed by atoms with Crippen molar-refractivity contribution < 1.29 is 0 Å². The molecule has 0 aliphatic rings. The van der Waals surface area contributed by atoms with Crippen LogP contribution in [0.25, 0.3) is 10.8 Å². The SMILES string of the molecule is Cc1nc(Sc2ccc(C#N)c3ccccc23)n[nH]1. The smallest absolute Gasteiger partial charge is 0.213 e. The molecule has 92 valence electrons. The summed E-state index contributed by atoms with van der Waals surface area (Å²) in [5.41, 5.74) is 0.686. The van der Waals surface area contributed by atoms with Crippen molar-refractivity contribution in [1.82, 2.24) is 15.2 Å². The molecule has 5 heteroatoms. The maximum absolute atomic E-state index is 9.13. The summed E-state index contributed by atoms with van der Waals surface area (Å²) >= 11 is 1.49. The average Bonchev–Trinajstić information content (AvgIpc) is 2.85. The number of aromatic amines is 1. The summed E-state index contributed by atoms with van der Waals surface area (Å²) in [5.74, 6) is 0.792. The van der Waals surface area contributed by atoms with Crippen LogP contribution < -0.4 is 0 Å². The third kappa shape index (κ3) is 2.18. The minimum atomic E-state index is 0.686. The number of nitrogens with zero attached hydrogens (tertiary/aromatic N) is 3. The van der Waals surface area contributed by atoms with E-state index < -0.39 is 0 Å². The average molecular weight is 266 g/mol. The Labute approximate surface area is 114 Å². The number of nitrogens with one attached hydrogen (secondary N) is 1. The van der Waals surface area contributed by atoms with Crippen molar-refractivity contribution in [3.63, 3.8) is 0 Å². The van der Waals surface area contributed by atoms with E-state index in [-0.39, 0.29) is 0 Å². The standard InChI is InChI=1S/C14H10N4S/c1-9-16-14(18-17-9)19-13-7-6-10(8-15)11-4-2-3-5-12(11)13/h2-7H,1H3,(H,16,17,18). The van der Waals surface area contributed by atoms with Crippen LogP contribution in [-0.2, 0) is 0 Å². The predicted molar refractivity (Wildman–Crippen MR) is 73.9 cm³/mol. The van der Waals surface area contributed by atoms with Crippen LogP contribution in [0.5, 0.6) is 0 Å². The molecule has 0 amide bonds. The van der Waals surface area contributed by atoms with Gasteiger partial charge < -0.3 is 0 Å². The van der Waals surface area contributed by atoms with E-state index in [1.54, 1.807) is 0 Å². The molecule has 1 N–H and O–H groups in total. The van der Waals surface area contributed by atoms with Gasteiger partial charge in [-0.05, 0) is 36.2 Å². The van der Waals surface area contributed by atoms with Crippen LogP contribution in [0.1, 0.15) is 11.4 Å². The number of H-pyrrole nitrogens is 1. The Morgan fingerprint density at radius 2 is 1.95 bits per heavy atom. The summed E-state index contributed by atoms with van der Waals surface area (Å²) in [5, 5.41) is 18.8. The molecule has 19 heavy (non-hydrogen) atoms. The largest absolute Gasteiger partial charge is 0.262 e. The summed E-state index contributed by atoms with van der Waals surface area (Å²) < 4.78 is 0. The van der Waals surface area contributed by atoms with Gasteiger partial charge in [0.2, 0.25) is 5.16 Å². The van der Waals surface area contributed by atoms with E-state index in [1.807, 2.05) is 43.3 Å². The first-order valence-electron chi connectivity index (χ1n) is 5.76. The van der Waals surface area contributed by atoms with E-state index >= 15 is 0 Å². The van der Waals surface area contributed by atoms with Crippen molar-refractivity contribution in [1.29, 1.82) is 5.26 Å². The van der Waals surface area contributed by atoms with E-state index in [0.717, 1.165) is 21.5 Å². The molecule has 0 aliphatic heterocycles. The van der Waals surface area contributed by atoms with Crippen LogP contribution in [0.3, 0.4) is 0 Å². The van der Waals surface area contributed by atoms with Crippen LogP contribution in [0.15, 0.2) is 46.5 Å². The first-order chi connectivity index (χ1) is 9.28. The zero-order chi connectivity index (χ0) is 13.2. The molecule has 0 atom stereocenters. The Balaban J connectivity index is 2.12. The lowest BCUT2D eigenvalue weighted by molar-refractivity contribution is 0.970. The van der Waals surface area contributed by atoms with Gasteiger partial charge in [-0.3, -0.25) is 5.10 Å². The van der Waals surface area contributed by atoms with Gasteiger partial charge in [-0.25, -0.2) is 4.98 Å². The molecule has 0 fully saturated rings. The minimum Gasteiger partial charge on any atom is -0.262 e. The van der Waals surface area contributed by atoms with Gasteiger partial charge in [0.1, 0.15) is 5.82 Å². The molecule has 1 aromatic heterocycles. The number of aryl methyl sites for hydroxylation is 1. The highest BCUT2D eigenvalue weighted by Gasteiger charge is 2.09. The van der Waals surface area contributed by atoms with E-state index in [0.29, 0.717) is 10.7 Å². The van der Waals surface area contributed by atoms with Gasteiger partial charge in [0.25, 0.3) is 0 Å². The van der Waals surface area contributed by atoms with Crippen LogP contribution in [-0.4, -0.2) is 15.2 Å². The molecule has 0 saturated heterocycles. The number of rotatable bonds is 2. The first kappa shape index (κ1) is 11.8. The van der Waals surface area contributed by atoms with Gasteiger partial charge >= 0.3 is 0 Å². The fourth-order valence-electron chi connectivity index (χ4n) is 1.92. The monoisotopic (exact) mass is 266 g/mol. The number of aromatic nitrogens is 3. The van der Waals surface area contributed by atoms with Crippen molar-refractivity contribution in [3.8, 4) is 6.07 Å². The molecule has 3 rings (SSSR count). The first-order valence-corrected chi connectivity index (χ1v) is 6.58. The molecular formula is C14H10N4S. The molecule has 2 aromatic carbocycles. The van der Waals surface area contributed by atoms with Crippen LogP contribution in [0.4, 0.5) is 0 Å². The molecule has 3 aromatic rings. The highest BCUT2D eigenvalue weighted by Crippen LogP contribution is 2.33. The molecule has 0 bridgehead atoms. The number of benzene rings is 2. The van der Waals surface area contributed by atoms with E-state index in [2.05, 4.69) is 21.3 Å². The summed E-state index contributed by atoms with van der Waals surface area (Å²) in [6.07, 6.45) is 0. The summed E-state index contributed by atoms with van der Waals surface area (Å²) in [6, 6.07) is 13.9. The predicted octanol–water partition coefficient (Wildman–Crippen LogP) is 3.29. The van der Waals surface area contributed by atoms with E-state index in [9.17, 15) is 0 Å². The van der Waals surface area contributed by atoms with E-state index in [4.69, 9.17) is 5.26 Å². The molecule has 4 nitrogen and oxygen atoms in total. The molecule has 1 heterocycles. The van der Waals surface area contributed by atoms with Gasteiger partial charge in [-0.1, -0.05) is 24.3 Å². The number of fused-ring (bicyclic) bond motifs is 1. The van der Waals surface area contributed by atoms with Gasteiger partial charge in [-0.15, -0.1) is 5.10 Å². The zero-order valence-corrected chi connectivity index (χ0v) is 11.0. The fraction of sp³-hybridized carbons (Fsp3) is 0.0714. The van der Waals surface area contributed by atoms with Gasteiger partial charge in [0, 0.05) is 10.3 Å².